The summed E-state index contributed by atoms with van der Waals surface area (Å²) in [6.07, 6.45) is 3.08. The number of hydrogen-bond donors (Lipinski definition) is 0. The maximum absolute atomic E-state index is 5.76. The third kappa shape index (κ3) is 5.60. The van der Waals surface area contributed by atoms with Crippen molar-refractivity contribution in [1.29, 1.82) is 0 Å². The molecule has 1 aromatic heterocycles. The number of aryl methyl sites for hydroxylation is 1. The van der Waals surface area contributed by atoms with Gasteiger partial charge in [-0.2, -0.15) is 0 Å². The number of benzene rings is 1. The van der Waals surface area contributed by atoms with Gasteiger partial charge in [-0.1, -0.05) is 5.16 Å². The molecule has 6 nitrogen and oxygen atoms in total. The standard InChI is InChI=1S/C19H24N2O4/c1-15-13-18(25-21-15)14-22-10-3-2-4-11-23-17-7-5-16(6-8-17)19-20-9-12-24-19/h5-8,13H,2-4,9-12,14H2,1H3. The van der Waals surface area contributed by atoms with E-state index in [2.05, 4.69) is 10.1 Å². The van der Waals surface area contributed by atoms with E-state index in [0.29, 0.717) is 19.8 Å². The van der Waals surface area contributed by atoms with Crippen LogP contribution >= 0.6 is 0 Å². The van der Waals surface area contributed by atoms with Gasteiger partial charge in [0.05, 0.1) is 18.8 Å². The predicted molar refractivity (Wildman–Crippen MR) is 94.0 cm³/mol. The van der Waals surface area contributed by atoms with Gasteiger partial charge in [0.1, 0.15) is 19.0 Å². The molecule has 0 radical (unpaired) electrons. The van der Waals surface area contributed by atoms with Crippen molar-refractivity contribution in [3.63, 3.8) is 0 Å². The molecule has 0 saturated heterocycles. The van der Waals surface area contributed by atoms with Gasteiger partial charge in [0.2, 0.25) is 5.90 Å². The lowest BCUT2D eigenvalue weighted by atomic mass is 10.2. The molecule has 0 fully saturated rings. The van der Waals surface area contributed by atoms with E-state index in [4.69, 9.17) is 18.7 Å². The first-order valence-electron chi connectivity index (χ1n) is 8.72. The molecule has 1 aromatic carbocycles. The molecule has 6 heteroatoms. The van der Waals surface area contributed by atoms with Crippen LogP contribution in [0.2, 0.25) is 0 Å². The molecule has 0 unspecified atom stereocenters. The van der Waals surface area contributed by atoms with Gasteiger partial charge in [0.25, 0.3) is 0 Å². The SMILES string of the molecule is Cc1cc(COCCCCCOc2ccc(C3=NCCO3)cc2)on1. The highest BCUT2D eigenvalue weighted by Gasteiger charge is 2.09. The van der Waals surface area contributed by atoms with Crippen molar-refractivity contribution < 1.29 is 18.7 Å². The molecule has 0 atom stereocenters. The molecule has 3 rings (SSSR count). The Kier molecular flexibility index (Phi) is 6.45. The molecule has 0 N–H and O–H groups in total. The molecule has 25 heavy (non-hydrogen) atoms. The van der Waals surface area contributed by atoms with E-state index in [1.54, 1.807) is 0 Å². The average molecular weight is 344 g/mol. The van der Waals surface area contributed by atoms with Crippen LogP contribution in [0.25, 0.3) is 0 Å². The van der Waals surface area contributed by atoms with Crippen LogP contribution in [0.4, 0.5) is 0 Å². The van der Waals surface area contributed by atoms with Gasteiger partial charge < -0.3 is 18.7 Å². The molecular formula is C19H24N2O4. The van der Waals surface area contributed by atoms with Crippen molar-refractivity contribution in [3.8, 4) is 5.75 Å². The summed E-state index contributed by atoms with van der Waals surface area (Å²) in [6, 6.07) is 9.78. The van der Waals surface area contributed by atoms with Gasteiger partial charge in [-0.25, -0.2) is 4.99 Å². The monoisotopic (exact) mass is 344 g/mol. The summed E-state index contributed by atoms with van der Waals surface area (Å²) < 4.78 is 21.9. The number of hydrogen-bond acceptors (Lipinski definition) is 6. The molecule has 0 spiro atoms. The second kappa shape index (κ2) is 9.22. The van der Waals surface area contributed by atoms with Crippen molar-refractivity contribution in [2.45, 2.75) is 32.8 Å². The number of aliphatic imine (C=N–C) groups is 1. The minimum absolute atomic E-state index is 0.485. The average Bonchev–Trinajstić information content (AvgIpc) is 3.30. The Morgan fingerprint density at radius 2 is 1.92 bits per heavy atom. The highest BCUT2D eigenvalue weighted by molar-refractivity contribution is 5.94. The van der Waals surface area contributed by atoms with Crippen LogP contribution in [-0.4, -0.2) is 37.4 Å². The van der Waals surface area contributed by atoms with E-state index in [1.807, 2.05) is 37.3 Å². The van der Waals surface area contributed by atoms with Crippen molar-refractivity contribution in [2.75, 3.05) is 26.4 Å². The van der Waals surface area contributed by atoms with Gasteiger partial charge >= 0.3 is 0 Å². The molecule has 2 aromatic rings. The Morgan fingerprint density at radius 1 is 1.08 bits per heavy atom. The zero-order valence-electron chi connectivity index (χ0n) is 14.6. The number of unbranched alkanes of at least 4 members (excludes halogenated alkanes) is 2. The van der Waals surface area contributed by atoms with Crippen molar-refractivity contribution in [2.24, 2.45) is 4.99 Å². The first-order chi connectivity index (χ1) is 12.3. The van der Waals surface area contributed by atoms with Crippen LogP contribution in [0.5, 0.6) is 5.75 Å². The van der Waals surface area contributed by atoms with Gasteiger partial charge in [0.15, 0.2) is 5.76 Å². The second-order valence-electron chi connectivity index (χ2n) is 5.96. The summed E-state index contributed by atoms with van der Waals surface area (Å²) in [5, 5.41) is 3.83. The van der Waals surface area contributed by atoms with Gasteiger partial charge in [-0.05, 0) is 50.5 Å². The van der Waals surface area contributed by atoms with E-state index in [1.165, 1.54) is 0 Å². The number of nitrogens with zero attached hydrogens (tertiary/aromatic N) is 2. The topological polar surface area (TPSA) is 66.1 Å². The van der Waals surface area contributed by atoms with Crippen molar-refractivity contribution in [3.05, 3.63) is 47.3 Å². The van der Waals surface area contributed by atoms with Crippen LogP contribution in [0.3, 0.4) is 0 Å². The molecule has 0 aliphatic carbocycles. The Hall–Kier alpha value is -2.34. The fourth-order valence-corrected chi connectivity index (χ4v) is 2.53. The molecule has 0 saturated carbocycles. The minimum Gasteiger partial charge on any atom is -0.494 e. The molecule has 1 aliphatic heterocycles. The highest BCUT2D eigenvalue weighted by Crippen LogP contribution is 2.15. The van der Waals surface area contributed by atoms with E-state index in [-0.39, 0.29) is 0 Å². The lowest BCUT2D eigenvalue weighted by Gasteiger charge is -2.07. The van der Waals surface area contributed by atoms with Crippen LogP contribution in [0.15, 0.2) is 39.8 Å². The summed E-state index contributed by atoms with van der Waals surface area (Å²) >= 11 is 0. The summed E-state index contributed by atoms with van der Waals surface area (Å²) in [5.74, 6) is 2.38. The van der Waals surface area contributed by atoms with Crippen molar-refractivity contribution in [1.82, 2.24) is 5.16 Å². The Balaban J connectivity index is 1.23. The van der Waals surface area contributed by atoms with Crippen LogP contribution < -0.4 is 4.74 Å². The van der Waals surface area contributed by atoms with E-state index < -0.39 is 0 Å². The quantitative estimate of drug-likeness (QED) is 0.617. The Labute approximate surface area is 147 Å². The number of aromatic nitrogens is 1. The molecule has 0 bridgehead atoms. The van der Waals surface area contributed by atoms with E-state index in [0.717, 1.165) is 61.1 Å². The van der Waals surface area contributed by atoms with Gasteiger partial charge in [-0.15, -0.1) is 0 Å². The normalized spacial score (nSPS) is 13.6. The maximum atomic E-state index is 5.76. The van der Waals surface area contributed by atoms with E-state index in [9.17, 15) is 0 Å². The Bertz CT molecular complexity index is 679. The van der Waals surface area contributed by atoms with Crippen LogP contribution in [0.1, 0.15) is 36.3 Å². The predicted octanol–water partition coefficient (Wildman–Crippen LogP) is 3.53. The fourth-order valence-electron chi connectivity index (χ4n) is 2.53. The van der Waals surface area contributed by atoms with Crippen LogP contribution in [0, 0.1) is 6.92 Å². The molecule has 0 amide bonds. The highest BCUT2D eigenvalue weighted by atomic mass is 16.5. The molecular weight excluding hydrogens is 320 g/mol. The number of rotatable bonds is 10. The molecule has 134 valence electrons. The summed E-state index contributed by atoms with van der Waals surface area (Å²) in [5.41, 5.74) is 1.89. The zero-order valence-corrected chi connectivity index (χ0v) is 14.6. The molecule has 1 aliphatic rings. The first-order valence-corrected chi connectivity index (χ1v) is 8.72. The third-order valence-electron chi connectivity index (χ3n) is 3.81. The van der Waals surface area contributed by atoms with Crippen molar-refractivity contribution >= 4 is 5.90 Å². The fraction of sp³-hybridized carbons (Fsp3) is 0.474. The largest absolute Gasteiger partial charge is 0.494 e. The summed E-state index contributed by atoms with van der Waals surface area (Å²) in [6.45, 7) is 5.23. The Morgan fingerprint density at radius 3 is 2.64 bits per heavy atom. The zero-order chi connectivity index (χ0) is 17.3. The molecule has 2 heterocycles. The minimum atomic E-state index is 0.485. The summed E-state index contributed by atoms with van der Waals surface area (Å²) in [4.78, 5) is 4.30. The van der Waals surface area contributed by atoms with Gasteiger partial charge in [0, 0.05) is 18.2 Å². The third-order valence-corrected chi connectivity index (χ3v) is 3.81. The second-order valence-corrected chi connectivity index (χ2v) is 5.96. The van der Waals surface area contributed by atoms with E-state index >= 15 is 0 Å². The first kappa shape index (κ1) is 17.5. The van der Waals surface area contributed by atoms with Crippen LogP contribution in [-0.2, 0) is 16.1 Å². The lowest BCUT2D eigenvalue weighted by molar-refractivity contribution is 0.0969. The number of ether oxygens (including phenoxy) is 3. The van der Waals surface area contributed by atoms with Gasteiger partial charge in [-0.3, -0.25) is 0 Å². The summed E-state index contributed by atoms with van der Waals surface area (Å²) in [7, 11) is 0. The lowest BCUT2D eigenvalue weighted by Crippen LogP contribution is -2.02. The smallest absolute Gasteiger partial charge is 0.216 e. The maximum Gasteiger partial charge on any atom is 0.216 e.